The van der Waals surface area contributed by atoms with Gasteiger partial charge in [0.25, 0.3) is 0 Å². The largest absolute Gasteiger partial charge is 0.429 e. The number of para-hydroxylation sites is 1. The van der Waals surface area contributed by atoms with Gasteiger partial charge in [0, 0.05) is 17.4 Å². The van der Waals surface area contributed by atoms with E-state index in [4.69, 9.17) is 16.1 Å². The summed E-state index contributed by atoms with van der Waals surface area (Å²) in [5.41, 5.74) is 3.61. The van der Waals surface area contributed by atoms with E-state index in [1.807, 2.05) is 45.0 Å². The van der Waals surface area contributed by atoms with E-state index in [-0.39, 0.29) is 0 Å². The summed E-state index contributed by atoms with van der Waals surface area (Å²) in [5, 5.41) is 3.57. The Morgan fingerprint density at radius 3 is 2.29 bits per heavy atom. The fraction of sp³-hybridized carbons (Fsp3) is 0.250. The lowest BCUT2D eigenvalue weighted by Crippen LogP contribution is -2.05. The van der Waals surface area contributed by atoms with E-state index in [0.717, 1.165) is 22.4 Å². The maximum absolute atomic E-state index is 12.7. The number of rotatable bonds is 4. The van der Waals surface area contributed by atoms with Crippen LogP contribution in [-0.2, 0) is 4.57 Å². The highest BCUT2D eigenvalue weighted by Gasteiger charge is 2.20. The van der Waals surface area contributed by atoms with Crippen LogP contribution in [0.4, 0.5) is 5.69 Å². The van der Waals surface area contributed by atoms with Gasteiger partial charge < -0.3 is 9.61 Å². The Balaban J connectivity index is 2.27. The van der Waals surface area contributed by atoms with Crippen LogP contribution in [-0.4, -0.2) is 6.66 Å². The Bertz CT molecular complexity index is 695. The summed E-state index contributed by atoms with van der Waals surface area (Å²) in [7, 11) is -3.05. The molecule has 112 valence electrons. The third kappa shape index (κ3) is 4.03. The summed E-state index contributed by atoms with van der Waals surface area (Å²) in [6.07, 6.45) is 0. The lowest BCUT2D eigenvalue weighted by atomic mass is 10.1. The van der Waals surface area contributed by atoms with Gasteiger partial charge in [-0.2, -0.15) is 0 Å². The summed E-state index contributed by atoms with van der Waals surface area (Å²) in [5.74, 6) is 0.663. The molecule has 0 amide bonds. The van der Waals surface area contributed by atoms with Gasteiger partial charge in [0.1, 0.15) is 5.75 Å². The molecule has 1 N–H and O–H groups in total. The molecule has 0 aliphatic rings. The third-order valence-electron chi connectivity index (χ3n) is 3.20. The minimum atomic E-state index is -3.05. The highest BCUT2D eigenvalue weighted by molar-refractivity contribution is 7.60. The molecule has 0 saturated carbocycles. The van der Waals surface area contributed by atoms with Crippen molar-refractivity contribution in [3.8, 4) is 5.75 Å². The maximum atomic E-state index is 12.7. The van der Waals surface area contributed by atoms with Crippen molar-refractivity contribution in [3.63, 3.8) is 0 Å². The standard InChI is InChI=1S/C16H19ClNO2P/c1-11-8-9-14(17)10-15(11)18-21(4,19)20-16-12(2)6-5-7-13(16)3/h5-10H,1-4H3,(H,18,19). The summed E-state index contributed by atoms with van der Waals surface area (Å²) in [6, 6.07) is 11.3. The zero-order valence-corrected chi connectivity index (χ0v) is 14.3. The van der Waals surface area contributed by atoms with Crippen LogP contribution in [0.15, 0.2) is 36.4 Å². The monoisotopic (exact) mass is 323 g/mol. The predicted octanol–water partition coefficient (Wildman–Crippen LogP) is 5.58. The summed E-state index contributed by atoms with van der Waals surface area (Å²) in [4.78, 5) is 0. The van der Waals surface area contributed by atoms with Crippen LogP contribution < -0.4 is 9.61 Å². The normalized spacial score (nSPS) is 13.6. The van der Waals surface area contributed by atoms with Gasteiger partial charge in [0.15, 0.2) is 0 Å². The first-order valence-corrected chi connectivity index (χ1v) is 9.11. The fourth-order valence-electron chi connectivity index (χ4n) is 2.07. The third-order valence-corrected chi connectivity index (χ3v) is 4.61. The molecule has 5 heteroatoms. The molecular formula is C16H19ClNO2P. The Morgan fingerprint density at radius 2 is 1.67 bits per heavy atom. The number of hydrogen-bond donors (Lipinski definition) is 1. The van der Waals surface area contributed by atoms with Crippen LogP contribution in [0.5, 0.6) is 5.75 Å². The molecule has 0 aliphatic carbocycles. The van der Waals surface area contributed by atoms with Crippen molar-refractivity contribution < 1.29 is 9.09 Å². The molecule has 3 nitrogen and oxygen atoms in total. The number of nitrogens with one attached hydrogen (secondary N) is 1. The van der Waals surface area contributed by atoms with Gasteiger partial charge in [-0.15, -0.1) is 0 Å². The van der Waals surface area contributed by atoms with Gasteiger partial charge in [-0.3, -0.25) is 4.57 Å². The average molecular weight is 324 g/mol. The topological polar surface area (TPSA) is 38.3 Å². The summed E-state index contributed by atoms with van der Waals surface area (Å²) >= 11 is 5.99. The Morgan fingerprint density at radius 1 is 1.05 bits per heavy atom. The van der Waals surface area contributed by atoms with E-state index >= 15 is 0 Å². The highest BCUT2D eigenvalue weighted by Crippen LogP contribution is 2.46. The molecule has 0 spiro atoms. The Labute approximate surface area is 130 Å². The molecule has 0 heterocycles. The molecule has 0 aromatic heterocycles. The van der Waals surface area contributed by atoms with E-state index in [1.54, 1.807) is 18.8 Å². The second-order valence-electron chi connectivity index (χ2n) is 5.23. The first kappa shape index (κ1) is 15.9. The van der Waals surface area contributed by atoms with Gasteiger partial charge >= 0.3 is 7.52 Å². The van der Waals surface area contributed by atoms with Crippen LogP contribution >= 0.6 is 19.1 Å². The van der Waals surface area contributed by atoms with Crippen molar-refractivity contribution in [1.29, 1.82) is 0 Å². The Hall–Kier alpha value is -1.44. The van der Waals surface area contributed by atoms with Crippen molar-refractivity contribution in [2.24, 2.45) is 0 Å². The van der Waals surface area contributed by atoms with Crippen molar-refractivity contribution >= 4 is 24.8 Å². The van der Waals surface area contributed by atoms with Crippen molar-refractivity contribution in [3.05, 3.63) is 58.1 Å². The molecule has 0 fully saturated rings. The van der Waals surface area contributed by atoms with Crippen LogP contribution in [0.25, 0.3) is 0 Å². The molecule has 2 aromatic carbocycles. The summed E-state index contributed by atoms with van der Waals surface area (Å²) in [6.45, 7) is 7.37. The van der Waals surface area contributed by atoms with Crippen molar-refractivity contribution in [2.45, 2.75) is 20.8 Å². The van der Waals surface area contributed by atoms with E-state index in [0.29, 0.717) is 10.8 Å². The number of benzene rings is 2. The second kappa shape index (κ2) is 6.13. The Kier molecular flexibility index (Phi) is 4.65. The summed E-state index contributed by atoms with van der Waals surface area (Å²) < 4.78 is 18.5. The van der Waals surface area contributed by atoms with Gasteiger partial charge in [-0.25, -0.2) is 0 Å². The van der Waals surface area contributed by atoms with Gasteiger partial charge in [0.05, 0.1) is 0 Å². The molecule has 0 aliphatic heterocycles. The SMILES string of the molecule is Cc1ccc(Cl)cc1NP(C)(=O)Oc1c(C)cccc1C. The zero-order chi connectivity index (χ0) is 15.6. The number of hydrogen-bond acceptors (Lipinski definition) is 2. The molecule has 1 unspecified atom stereocenters. The molecular weight excluding hydrogens is 305 g/mol. The molecule has 1 atom stereocenters. The number of halogens is 1. The van der Waals surface area contributed by atoms with E-state index in [1.165, 1.54) is 0 Å². The number of anilines is 1. The highest BCUT2D eigenvalue weighted by atomic mass is 35.5. The van der Waals surface area contributed by atoms with E-state index in [2.05, 4.69) is 5.09 Å². The minimum absolute atomic E-state index is 0.593. The van der Waals surface area contributed by atoms with Gasteiger partial charge in [-0.1, -0.05) is 35.9 Å². The van der Waals surface area contributed by atoms with Gasteiger partial charge in [-0.05, 0) is 49.6 Å². The molecule has 2 rings (SSSR count). The molecule has 0 bridgehead atoms. The lowest BCUT2D eigenvalue weighted by Gasteiger charge is -2.21. The van der Waals surface area contributed by atoms with Crippen LogP contribution in [0.1, 0.15) is 16.7 Å². The smallest absolute Gasteiger partial charge is 0.338 e. The van der Waals surface area contributed by atoms with Crippen molar-refractivity contribution in [1.82, 2.24) is 0 Å². The molecule has 0 saturated heterocycles. The van der Waals surface area contributed by atoms with E-state index in [9.17, 15) is 4.57 Å². The number of aryl methyl sites for hydroxylation is 3. The van der Waals surface area contributed by atoms with Gasteiger partial charge in [0.2, 0.25) is 0 Å². The molecule has 2 aromatic rings. The molecule has 0 radical (unpaired) electrons. The average Bonchev–Trinajstić information content (AvgIpc) is 2.38. The first-order valence-electron chi connectivity index (χ1n) is 6.66. The molecule has 21 heavy (non-hydrogen) atoms. The van der Waals surface area contributed by atoms with Crippen LogP contribution in [0.3, 0.4) is 0 Å². The second-order valence-corrected chi connectivity index (χ2v) is 7.76. The quantitative estimate of drug-likeness (QED) is 0.746. The predicted molar refractivity (Wildman–Crippen MR) is 89.9 cm³/mol. The van der Waals surface area contributed by atoms with Crippen LogP contribution in [0, 0.1) is 20.8 Å². The lowest BCUT2D eigenvalue weighted by molar-refractivity contribution is 0.490. The first-order chi connectivity index (χ1) is 9.78. The maximum Gasteiger partial charge on any atom is 0.338 e. The van der Waals surface area contributed by atoms with Crippen LogP contribution in [0.2, 0.25) is 5.02 Å². The zero-order valence-electron chi connectivity index (χ0n) is 12.6. The van der Waals surface area contributed by atoms with E-state index < -0.39 is 7.52 Å². The van der Waals surface area contributed by atoms with Crippen molar-refractivity contribution in [2.75, 3.05) is 11.8 Å². The fourth-order valence-corrected chi connectivity index (χ4v) is 3.61. The minimum Gasteiger partial charge on any atom is -0.429 e.